The van der Waals surface area contributed by atoms with Crippen LogP contribution in [0.5, 0.6) is 0 Å². The first-order valence-corrected chi connectivity index (χ1v) is 7.53. The monoisotopic (exact) mass is 253 g/mol. The Labute approximate surface area is 116 Å². The Morgan fingerprint density at radius 2 is 1.95 bits per heavy atom. The molecule has 1 heterocycles. The van der Waals surface area contributed by atoms with Gasteiger partial charge in [-0.1, -0.05) is 49.4 Å². The largest absolute Gasteiger partial charge is 0.314 e. The summed E-state index contributed by atoms with van der Waals surface area (Å²) in [7, 11) is 0. The summed E-state index contributed by atoms with van der Waals surface area (Å²) in [6.45, 7) is 3.58. The normalized spacial score (nSPS) is 23.6. The Morgan fingerprint density at radius 3 is 2.84 bits per heavy atom. The molecule has 1 heteroatoms. The van der Waals surface area contributed by atoms with Crippen molar-refractivity contribution in [3.8, 4) is 0 Å². The van der Waals surface area contributed by atoms with Gasteiger partial charge in [0.05, 0.1) is 0 Å². The summed E-state index contributed by atoms with van der Waals surface area (Å²) in [6.07, 6.45) is 5.12. The van der Waals surface area contributed by atoms with Crippen LogP contribution in [0, 0.1) is 5.92 Å². The van der Waals surface area contributed by atoms with E-state index in [-0.39, 0.29) is 0 Å². The predicted octanol–water partition coefficient (Wildman–Crippen LogP) is 4.16. The average Bonchev–Trinajstić information content (AvgIpc) is 2.45. The molecule has 0 amide bonds. The zero-order chi connectivity index (χ0) is 13.1. The van der Waals surface area contributed by atoms with Crippen LogP contribution >= 0.6 is 0 Å². The molecule has 0 saturated carbocycles. The molecule has 1 nitrogen and oxygen atoms in total. The van der Waals surface area contributed by atoms with Crippen molar-refractivity contribution in [1.29, 1.82) is 0 Å². The van der Waals surface area contributed by atoms with E-state index < -0.39 is 0 Å². The average molecular weight is 253 g/mol. The molecule has 0 bridgehead atoms. The van der Waals surface area contributed by atoms with Crippen molar-refractivity contribution in [3.05, 3.63) is 48.0 Å². The Kier molecular flexibility index (Phi) is 3.84. The van der Waals surface area contributed by atoms with Crippen molar-refractivity contribution in [2.45, 2.75) is 38.6 Å². The molecule has 2 aromatic rings. The van der Waals surface area contributed by atoms with E-state index >= 15 is 0 Å². The van der Waals surface area contributed by atoms with E-state index in [1.165, 1.54) is 48.6 Å². The first kappa shape index (κ1) is 12.7. The lowest BCUT2D eigenvalue weighted by Crippen LogP contribution is -2.37. The number of rotatable bonds is 3. The molecule has 0 aliphatic carbocycles. The molecule has 1 aliphatic rings. The van der Waals surface area contributed by atoms with Crippen molar-refractivity contribution >= 4 is 10.8 Å². The van der Waals surface area contributed by atoms with Crippen LogP contribution < -0.4 is 5.32 Å². The third-order valence-electron chi connectivity index (χ3n) is 4.40. The lowest BCUT2D eigenvalue weighted by molar-refractivity contribution is 0.308. The van der Waals surface area contributed by atoms with E-state index in [1.807, 2.05) is 0 Å². The molecule has 0 spiro atoms. The number of aryl methyl sites for hydroxylation is 1. The summed E-state index contributed by atoms with van der Waals surface area (Å²) in [5, 5.41) is 6.46. The van der Waals surface area contributed by atoms with Gasteiger partial charge >= 0.3 is 0 Å². The van der Waals surface area contributed by atoms with Gasteiger partial charge in [0.25, 0.3) is 0 Å². The van der Waals surface area contributed by atoms with E-state index in [0.717, 1.165) is 5.92 Å². The van der Waals surface area contributed by atoms with Gasteiger partial charge in [0.2, 0.25) is 0 Å². The standard InChI is InChI=1S/C18H23N/c1-14-11-12-19-17(13-14)10-9-16-7-4-6-15-5-2-3-8-18(15)16/h2-8,14,17,19H,9-13H2,1H3. The Hall–Kier alpha value is -1.34. The Balaban J connectivity index is 1.71. The van der Waals surface area contributed by atoms with Crippen LogP contribution in [-0.2, 0) is 6.42 Å². The molecule has 1 fully saturated rings. The van der Waals surface area contributed by atoms with Crippen LogP contribution in [-0.4, -0.2) is 12.6 Å². The van der Waals surface area contributed by atoms with E-state index in [0.29, 0.717) is 6.04 Å². The maximum Gasteiger partial charge on any atom is 0.00727 e. The summed E-state index contributed by atoms with van der Waals surface area (Å²) in [5.74, 6) is 0.888. The van der Waals surface area contributed by atoms with Crippen LogP contribution in [0.25, 0.3) is 10.8 Å². The van der Waals surface area contributed by atoms with Gasteiger partial charge in [0, 0.05) is 6.04 Å². The quantitative estimate of drug-likeness (QED) is 0.866. The van der Waals surface area contributed by atoms with Crippen molar-refractivity contribution in [2.75, 3.05) is 6.54 Å². The number of hydrogen-bond donors (Lipinski definition) is 1. The Morgan fingerprint density at radius 1 is 1.11 bits per heavy atom. The molecular formula is C18H23N. The minimum absolute atomic E-state index is 0.711. The molecule has 19 heavy (non-hydrogen) atoms. The second kappa shape index (κ2) is 5.75. The molecule has 0 radical (unpaired) electrons. The zero-order valence-corrected chi connectivity index (χ0v) is 11.7. The summed E-state index contributed by atoms with van der Waals surface area (Å²) < 4.78 is 0. The number of hydrogen-bond acceptors (Lipinski definition) is 1. The number of fused-ring (bicyclic) bond motifs is 1. The van der Waals surface area contributed by atoms with Gasteiger partial charge in [0.1, 0.15) is 0 Å². The highest BCUT2D eigenvalue weighted by Gasteiger charge is 2.17. The Bertz CT molecular complexity index is 541. The van der Waals surface area contributed by atoms with E-state index in [4.69, 9.17) is 0 Å². The van der Waals surface area contributed by atoms with Gasteiger partial charge in [-0.05, 0) is 54.5 Å². The van der Waals surface area contributed by atoms with Gasteiger partial charge < -0.3 is 5.32 Å². The summed E-state index contributed by atoms with van der Waals surface area (Å²) in [4.78, 5) is 0. The highest BCUT2D eigenvalue weighted by atomic mass is 14.9. The first-order valence-electron chi connectivity index (χ1n) is 7.53. The van der Waals surface area contributed by atoms with Gasteiger partial charge in [-0.25, -0.2) is 0 Å². The molecule has 2 unspecified atom stereocenters. The predicted molar refractivity (Wildman–Crippen MR) is 82.5 cm³/mol. The topological polar surface area (TPSA) is 12.0 Å². The lowest BCUT2D eigenvalue weighted by Gasteiger charge is -2.28. The van der Waals surface area contributed by atoms with Gasteiger partial charge in [-0.3, -0.25) is 0 Å². The van der Waals surface area contributed by atoms with Crippen LogP contribution in [0.15, 0.2) is 42.5 Å². The second-order valence-electron chi connectivity index (χ2n) is 5.96. The summed E-state index contributed by atoms with van der Waals surface area (Å²) in [5.41, 5.74) is 1.50. The number of nitrogens with one attached hydrogen (secondary N) is 1. The van der Waals surface area contributed by atoms with E-state index in [2.05, 4.69) is 54.7 Å². The van der Waals surface area contributed by atoms with Crippen molar-refractivity contribution < 1.29 is 0 Å². The molecule has 2 aromatic carbocycles. The fourth-order valence-corrected chi connectivity index (χ4v) is 3.28. The SMILES string of the molecule is CC1CCNC(CCc2cccc3ccccc23)C1. The number of benzene rings is 2. The fourth-order valence-electron chi connectivity index (χ4n) is 3.28. The number of piperidine rings is 1. The minimum Gasteiger partial charge on any atom is -0.314 e. The van der Waals surface area contributed by atoms with Gasteiger partial charge in [-0.15, -0.1) is 0 Å². The summed E-state index contributed by atoms with van der Waals surface area (Å²) >= 11 is 0. The van der Waals surface area contributed by atoms with Crippen molar-refractivity contribution in [3.63, 3.8) is 0 Å². The third-order valence-corrected chi connectivity index (χ3v) is 4.40. The second-order valence-corrected chi connectivity index (χ2v) is 5.96. The molecule has 1 N–H and O–H groups in total. The highest BCUT2D eigenvalue weighted by molar-refractivity contribution is 5.85. The molecule has 100 valence electrons. The van der Waals surface area contributed by atoms with Crippen molar-refractivity contribution in [1.82, 2.24) is 5.32 Å². The molecule has 1 saturated heterocycles. The molecule has 0 aromatic heterocycles. The van der Waals surface area contributed by atoms with Crippen LogP contribution in [0.4, 0.5) is 0 Å². The maximum atomic E-state index is 3.67. The van der Waals surface area contributed by atoms with E-state index in [9.17, 15) is 0 Å². The smallest absolute Gasteiger partial charge is 0.00727 e. The highest BCUT2D eigenvalue weighted by Crippen LogP contribution is 2.23. The zero-order valence-electron chi connectivity index (χ0n) is 11.7. The maximum absolute atomic E-state index is 3.67. The molecule has 1 aliphatic heterocycles. The fraction of sp³-hybridized carbons (Fsp3) is 0.444. The summed E-state index contributed by atoms with van der Waals surface area (Å²) in [6, 6.07) is 16.1. The van der Waals surface area contributed by atoms with Crippen LogP contribution in [0.2, 0.25) is 0 Å². The minimum atomic E-state index is 0.711. The third kappa shape index (κ3) is 2.98. The van der Waals surface area contributed by atoms with Crippen molar-refractivity contribution in [2.24, 2.45) is 5.92 Å². The lowest BCUT2D eigenvalue weighted by atomic mass is 9.90. The molecule has 3 rings (SSSR count). The van der Waals surface area contributed by atoms with Crippen LogP contribution in [0.1, 0.15) is 31.7 Å². The van der Waals surface area contributed by atoms with Gasteiger partial charge in [0.15, 0.2) is 0 Å². The van der Waals surface area contributed by atoms with Crippen LogP contribution in [0.3, 0.4) is 0 Å². The molecular weight excluding hydrogens is 230 g/mol. The first-order chi connectivity index (χ1) is 9.33. The van der Waals surface area contributed by atoms with Gasteiger partial charge in [-0.2, -0.15) is 0 Å². The molecule has 2 atom stereocenters. The van der Waals surface area contributed by atoms with E-state index in [1.54, 1.807) is 0 Å².